The number of hydrogen-bond acceptors (Lipinski definition) is 8. The molecule has 10 nitrogen and oxygen atoms in total. The van der Waals surface area contributed by atoms with Crippen LogP contribution < -0.4 is 0 Å². The second kappa shape index (κ2) is 13.0. The van der Waals surface area contributed by atoms with Crippen LogP contribution in [0.4, 0.5) is 0 Å². The van der Waals surface area contributed by atoms with E-state index in [-0.39, 0.29) is 48.7 Å². The van der Waals surface area contributed by atoms with Gasteiger partial charge in [0.25, 0.3) is 20.2 Å². The Morgan fingerprint density at radius 1 is 0.757 bits per heavy atom. The first-order chi connectivity index (χ1) is 17.4. The van der Waals surface area contributed by atoms with Crippen LogP contribution in [-0.4, -0.2) is 52.1 Å². The van der Waals surface area contributed by atoms with Crippen molar-refractivity contribution in [2.75, 3.05) is 13.2 Å². The number of aryl methyl sites for hydroxylation is 4. The molecule has 0 aliphatic rings. The lowest BCUT2D eigenvalue weighted by Crippen LogP contribution is -2.26. The van der Waals surface area contributed by atoms with Gasteiger partial charge in [0, 0.05) is 12.8 Å². The average Bonchev–Trinajstić information content (AvgIpc) is 2.83. The number of carbonyl (C=O) groups is 2. The van der Waals surface area contributed by atoms with Gasteiger partial charge in [0.2, 0.25) is 11.6 Å². The summed E-state index contributed by atoms with van der Waals surface area (Å²) in [5.74, 6) is -1.41. The first-order valence-corrected chi connectivity index (χ1v) is 14.4. The highest BCUT2D eigenvalue weighted by atomic mass is 32.2. The van der Waals surface area contributed by atoms with Crippen molar-refractivity contribution in [1.29, 1.82) is 0 Å². The van der Waals surface area contributed by atoms with Crippen molar-refractivity contribution in [3.63, 3.8) is 0 Å². The topological polar surface area (TPSA) is 157 Å². The zero-order chi connectivity index (χ0) is 27.8. The van der Waals surface area contributed by atoms with Gasteiger partial charge in [0.15, 0.2) is 0 Å². The molecule has 2 rings (SSSR count). The molecule has 0 saturated carbocycles. The third kappa shape index (κ3) is 7.98. The molecule has 0 unspecified atom stereocenters. The molecule has 2 aromatic rings. The molecule has 0 atom stereocenters. The van der Waals surface area contributed by atoms with Crippen LogP contribution in [0.1, 0.15) is 48.9 Å². The lowest BCUT2D eigenvalue weighted by molar-refractivity contribution is -0.124. The first-order valence-electron chi connectivity index (χ1n) is 11.6. The fraction of sp³-hybridized carbons (Fsp3) is 0.400. The molecule has 0 bridgehead atoms. The fourth-order valence-corrected chi connectivity index (χ4v) is 5.99. The van der Waals surface area contributed by atoms with Gasteiger partial charge in [0.1, 0.15) is 0 Å². The number of carbonyl (C=O) groups excluding carboxylic acids is 2. The minimum atomic E-state index is -3.94. The molecule has 0 aliphatic carbocycles. The van der Waals surface area contributed by atoms with Crippen molar-refractivity contribution in [2.45, 2.75) is 63.2 Å². The van der Waals surface area contributed by atoms with E-state index in [4.69, 9.17) is 8.37 Å². The minimum Gasteiger partial charge on any atom is -0.360 e. The number of hydrogen-bond donors (Lipinski definition) is 0. The van der Waals surface area contributed by atoms with Crippen molar-refractivity contribution in [1.82, 2.24) is 0 Å². The average molecular weight is 551 g/mol. The summed E-state index contributed by atoms with van der Waals surface area (Å²) in [6.45, 7) is 6.33. The van der Waals surface area contributed by atoms with Crippen molar-refractivity contribution in [2.24, 2.45) is 0 Å². The molecular formula is C25H30N2O8S2. The van der Waals surface area contributed by atoms with E-state index >= 15 is 0 Å². The summed E-state index contributed by atoms with van der Waals surface area (Å²) in [5, 5.41) is 0. The van der Waals surface area contributed by atoms with E-state index in [0.29, 0.717) is 22.3 Å². The Morgan fingerprint density at radius 3 is 1.46 bits per heavy atom. The Morgan fingerprint density at radius 2 is 1.14 bits per heavy atom. The van der Waals surface area contributed by atoms with Gasteiger partial charge in [-0.1, -0.05) is 24.3 Å². The van der Waals surface area contributed by atoms with Gasteiger partial charge in [-0.25, -0.2) is 0 Å². The monoisotopic (exact) mass is 550 g/mol. The molecule has 2 aromatic carbocycles. The highest BCUT2D eigenvalue weighted by Crippen LogP contribution is 2.22. The summed E-state index contributed by atoms with van der Waals surface area (Å²) in [4.78, 5) is 28.1. The Labute approximate surface area is 217 Å². The molecule has 0 aromatic heterocycles. The van der Waals surface area contributed by atoms with Gasteiger partial charge in [0.05, 0.1) is 23.0 Å². The number of rotatable bonds is 14. The largest absolute Gasteiger partial charge is 0.400 e. The summed E-state index contributed by atoms with van der Waals surface area (Å²) in [7, 11) is -7.87. The van der Waals surface area contributed by atoms with E-state index < -0.39 is 37.5 Å². The molecule has 0 aliphatic heterocycles. The summed E-state index contributed by atoms with van der Waals surface area (Å²) in [6.07, 6.45) is -0.166. The molecule has 200 valence electrons. The lowest BCUT2D eigenvalue weighted by atomic mass is 9.99. The van der Waals surface area contributed by atoms with Gasteiger partial charge in [-0.05, 0) is 74.9 Å². The van der Waals surface area contributed by atoms with Gasteiger partial charge >= 0.3 is 5.71 Å². The highest BCUT2D eigenvalue weighted by Gasteiger charge is 2.29. The molecule has 0 N–H and O–H groups in total. The Kier molecular flexibility index (Phi) is 10.6. The Hall–Kier alpha value is -3.02. The van der Waals surface area contributed by atoms with Crippen LogP contribution in [0.15, 0.2) is 46.2 Å². The highest BCUT2D eigenvalue weighted by molar-refractivity contribution is 7.87. The van der Waals surface area contributed by atoms with Gasteiger partial charge in [-0.3, -0.25) is 18.0 Å². The second-order valence-electron chi connectivity index (χ2n) is 8.22. The van der Waals surface area contributed by atoms with Crippen LogP contribution in [0.3, 0.4) is 0 Å². The van der Waals surface area contributed by atoms with Crippen LogP contribution in [0.5, 0.6) is 0 Å². The summed E-state index contributed by atoms with van der Waals surface area (Å²) in [6, 6.07) is 9.35. The van der Waals surface area contributed by atoms with Crippen LogP contribution >= 0.6 is 0 Å². The maximum atomic E-state index is 12.6. The molecule has 0 fully saturated rings. The Bertz CT molecular complexity index is 1340. The number of Topliss-reactive ketones (excluding diaryl/α,β-unsaturated/α-hetero) is 2. The molecule has 0 amide bonds. The van der Waals surface area contributed by atoms with Crippen LogP contribution in [0.2, 0.25) is 0 Å². The van der Waals surface area contributed by atoms with Crippen LogP contribution in [0, 0.1) is 13.8 Å². The van der Waals surface area contributed by atoms with E-state index in [0.717, 1.165) is 0 Å². The van der Waals surface area contributed by atoms with E-state index in [9.17, 15) is 32.0 Å². The van der Waals surface area contributed by atoms with Gasteiger partial charge in [-0.15, -0.1) is 0 Å². The quantitative estimate of drug-likeness (QED) is 0.114. The molecule has 0 spiro atoms. The lowest BCUT2D eigenvalue weighted by Gasteiger charge is -2.09. The number of ketones is 2. The number of benzene rings is 2. The van der Waals surface area contributed by atoms with E-state index in [1.54, 1.807) is 52.0 Å². The molecule has 0 radical (unpaired) electrons. The van der Waals surface area contributed by atoms with Crippen LogP contribution in [-0.2, 0) is 51.0 Å². The predicted octanol–water partition coefficient (Wildman–Crippen LogP) is 3.13. The van der Waals surface area contributed by atoms with Crippen molar-refractivity contribution in [3.05, 3.63) is 64.2 Å². The third-order valence-electron chi connectivity index (χ3n) is 5.50. The molecule has 12 heteroatoms. The van der Waals surface area contributed by atoms with Crippen LogP contribution in [0.25, 0.3) is 5.53 Å². The van der Waals surface area contributed by atoms with Gasteiger partial charge in [-0.2, -0.15) is 21.6 Å². The normalized spacial score (nSPS) is 11.7. The molecule has 0 saturated heterocycles. The smallest absolute Gasteiger partial charge is 0.360 e. The van der Waals surface area contributed by atoms with Gasteiger partial charge < -0.3 is 5.53 Å². The third-order valence-corrected chi connectivity index (χ3v) is 8.55. The first kappa shape index (κ1) is 30.2. The summed E-state index contributed by atoms with van der Waals surface area (Å²) in [5.41, 5.74) is 10.7. The zero-order valence-electron chi connectivity index (χ0n) is 21.2. The zero-order valence-corrected chi connectivity index (χ0v) is 22.8. The van der Waals surface area contributed by atoms with Crippen molar-refractivity contribution < 1.29 is 39.6 Å². The van der Waals surface area contributed by atoms with E-state index in [2.05, 4.69) is 4.79 Å². The van der Waals surface area contributed by atoms with Crippen molar-refractivity contribution in [3.8, 4) is 0 Å². The van der Waals surface area contributed by atoms with E-state index in [1.165, 1.54) is 12.1 Å². The minimum absolute atomic E-state index is 0.00441. The van der Waals surface area contributed by atoms with Crippen molar-refractivity contribution >= 4 is 37.5 Å². The van der Waals surface area contributed by atoms with E-state index in [1.807, 2.05) is 0 Å². The maximum absolute atomic E-state index is 12.6. The molecule has 0 heterocycles. The summed E-state index contributed by atoms with van der Waals surface area (Å²) < 4.78 is 58.8. The molecule has 37 heavy (non-hydrogen) atoms. The SMILES string of the molecule is CCOS(=O)(=O)c1cc(CCC(=O)C(=[N+]=[N-])C(=O)CCc2ccc(C)c(S(=O)(=O)OCC)c2)ccc1C. The Balaban J connectivity index is 2.09. The maximum Gasteiger partial charge on any atom is 0.400 e. The fourth-order valence-electron chi connectivity index (χ4n) is 3.60. The molecular weight excluding hydrogens is 520 g/mol. The number of nitrogens with zero attached hydrogens (tertiary/aromatic N) is 2. The predicted molar refractivity (Wildman–Crippen MR) is 135 cm³/mol. The summed E-state index contributed by atoms with van der Waals surface area (Å²) >= 11 is 0. The standard InChI is InChI=1S/C25H30N2O8S2/c1-5-34-36(30,31)23-15-19(9-7-17(23)3)11-13-21(28)25(27-26)22(29)14-12-20-10-8-18(4)24(16-20)37(32,33)35-6-2/h7-10,15-16H,5-6,11-14H2,1-4H3. The second-order valence-corrected chi connectivity index (χ2v) is 11.4.